The van der Waals surface area contributed by atoms with Crippen molar-refractivity contribution >= 4 is 23.3 Å². The third-order valence-electron chi connectivity index (χ3n) is 1.28. The average Bonchev–Trinajstić information content (AvgIpc) is 2.30. The van der Waals surface area contributed by atoms with Crippen LogP contribution in [0.4, 0.5) is 5.82 Å². The average molecular weight is 172 g/mol. The number of anilines is 1. The zero-order valence-electron chi connectivity index (χ0n) is 6.25. The van der Waals surface area contributed by atoms with Crippen LogP contribution in [0, 0.1) is 6.92 Å². The van der Waals surface area contributed by atoms with Crippen LogP contribution >= 0.6 is 11.5 Å². The number of hydrogen-bond donors (Lipinski definition) is 1. The summed E-state index contributed by atoms with van der Waals surface area (Å²) in [6.07, 6.45) is 0. The van der Waals surface area contributed by atoms with Crippen LogP contribution in [0.15, 0.2) is 0 Å². The normalized spacial score (nSPS) is 9.64. The van der Waals surface area contributed by atoms with Crippen molar-refractivity contribution in [3.05, 3.63) is 10.4 Å². The maximum absolute atomic E-state index is 11.0. The number of esters is 1. The van der Waals surface area contributed by atoms with E-state index in [9.17, 15) is 4.79 Å². The summed E-state index contributed by atoms with van der Waals surface area (Å²) in [5.41, 5.74) is 5.80. The van der Waals surface area contributed by atoms with Crippen molar-refractivity contribution in [2.45, 2.75) is 6.92 Å². The Labute approximate surface area is 68.1 Å². The molecule has 0 spiro atoms. The van der Waals surface area contributed by atoms with Crippen molar-refractivity contribution in [2.24, 2.45) is 0 Å². The van der Waals surface area contributed by atoms with Gasteiger partial charge in [0.1, 0.15) is 5.56 Å². The van der Waals surface area contributed by atoms with Crippen molar-refractivity contribution in [1.82, 2.24) is 4.37 Å². The first-order valence-corrected chi connectivity index (χ1v) is 3.74. The molecule has 0 aromatic carbocycles. The molecule has 11 heavy (non-hydrogen) atoms. The SMILES string of the molecule is COC(=O)c1c(N)nsc1C. The fraction of sp³-hybridized carbons (Fsp3) is 0.333. The number of carbonyl (C=O) groups excluding carboxylic acids is 1. The minimum absolute atomic E-state index is 0.249. The van der Waals surface area contributed by atoms with Crippen molar-refractivity contribution in [1.29, 1.82) is 0 Å². The molecule has 0 atom stereocenters. The fourth-order valence-corrected chi connectivity index (χ4v) is 1.35. The second kappa shape index (κ2) is 2.87. The molecule has 60 valence electrons. The Morgan fingerprint density at radius 1 is 1.73 bits per heavy atom. The third-order valence-corrected chi connectivity index (χ3v) is 2.04. The summed E-state index contributed by atoms with van der Waals surface area (Å²) in [6.45, 7) is 1.78. The van der Waals surface area contributed by atoms with Gasteiger partial charge in [0, 0.05) is 4.88 Å². The number of carbonyl (C=O) groups is 1. The molecule has 0 fully saturated rings. The molecule has 0 radical (unpaired) electrons. The van der Waals surface area contributed by atoms with Gasteiger partial charge in [-0.3, -0.25) is 0 Å². The van der Waals surface area contributed by atoms with Crippen LogP contribution in [0.3, 0.4) is 0 Å². The lowest BCUT2D eigenvalue weighted by molar-refractivity contribution is 0.0601. The molecule has 0 bridgehead atoms. The minimum Gasteiger partial charge on any atom is -0.465 e. The van der Waals surface area contributed by atoms with E-state index >= 15 is 0 Å². The smallest absolute Gasteiger partial charge is 0.342 e. The summed E-state index contributed by atoms with van der Waals surface area (Å²) in [6, 6.07) is 0. The second-order valence-electron chi connectivity index (χ2n) is 1.99. The Kier molecular flexibility index (Phi) is 2.09. The zero-order valence-corrected chi connectivity index (χ0v) is 7.07. The number of aromatic nitrogens is 1. The first-order valence-electron chi connectivity index (χ1n) is 2.97. The van der Waals surface area contributed by atoms with E-state index in [0.29, 0.717) is 5.56 Å². The standard InChI is InChI=1S/C6H8N2O2S/c1-3-4(6(9)10-2)5(7)8-11-3/h1-2H3,(H2,7,8). The maximum Gasteiger partial charge on any atom is 0.342 e. The molecule has 0 aliphatic rings. The van der Waals surface area contributed by atoms with Crippen molar-refractivity contribution in [3.8, 4) is 0 Å². The highest BCUT2D eigenvalue weighted by Gasteiger charge is 2.15. The van der Waals surface area contributed by atoms with E-state index in [2.05, 4.69) is 9.11 Å². The van der Waals surface area contributed by atoms with E-state index in [1.54, 1.807) is 6.92 Å². The molecule has 1 aromatic rings. The van der Waals surface area contributed by atoms with Gasteiger partial charge in [-0.1, -0.05) is 0 Å². The van der Waals surface area contributed by atoms with Gasteiger partial charge in [0.15, 0.2) is 5.82 Å². The van der Waals surface area contributed by atoms with Gasteiger partial charge in [0.25, 0.3) is 0 Å². The molecule has 0 aliphatic carbocycles. The Bertz CT molecular complexity index is 263. The number of ether oxygens (including phenoxy) is 1. The van der Waals surface area contributed by atoms with Crippen LogP contribution in [0.1, 0.15) is 15.2 Å². The topological polar surface area (TPSA) is 65.2 Å². The molecular weight excluding hydrogens is 164 g/mol. The van der Waals surface area contributed by atoms with Crippen LogP contribution in [0.2, 0.25) is 0 Å². The molecule has 1 heterocycles. The number of rotatable bonds is 1. The first kappa shape index (κ1) is 8.00. The lowest BCUT2D eigenvalue weighted by Gasteiger charge is -1.96. The van der Waals surface area contributed by atoms with Crippen molar-refractivity contribution < 1.29 is 9.53 Å². The molecule has 0 amide bonds. The van der Waals surface area contributed by atoms with Gasteiger partial charge in [-0.05, 0) is 18.5 Å². The van der Waals surface area contributed by atoms with Crippen molar-refractivity contribution in [2.75, 3.05) is 12.8 Å². The molecular formula is C6H8N2O2S. The van der Waals surface area contributed by atoms with E-state index in [-0.39, 0.29) is 5.82 Å². The van der Waals surface area contributed by atoms with E-state index in [1.807, 2.05) is 0 Å². The van der Waals surface area contributed by atoms with Gasteiger partial charge in [-0.15, -0.1) is 0 Å². The summed E-state index contributed by atoms with van der Waals surface area (Å²) in [4.78, 5) is 11.8. The van der Waals surface area contributed by atoms with Gasteiger partial charge >= 0.3 is 5.97 Å². The number of methoxy groups -OCH3 is 1. The number of hydrogen-bond acceptors (Lipinski definition) is 5. The molecule has 5 heteroatoms. The molecule has 2 N–H and O–H groups in total. The van der Waals surface area contributed by atoms with Gasteiger partial charge < -0.3 is 10.5 Å². The van der Waals surface area contributed by atoms with Gasteiger partial charge in [0.05, 0.1) is 7.11 Å². The van der Waals surface area contributed by atoms with Gasteiger partial charge in [0.2, 0.25) is 0 Å². The van der Waals surface area contributed by atoms with E-state index in [1.165, 1.54) is 18.6 Å². The largest absolute Gasteiger partial charge is 0.465 e. The van der Waals surface area contributed by atoms with Crippen molar-refractivity contribution in [3.63, 3.8) is 0 Å². The Morgan fingerprint density at radius 3 is 2.73 bits per heavy atom. The van der Waals surface area contributed by atoms with E-state index < -0.39 is 5.97 Å². The monoisotopic (exact) mass is 172 g/mol. The highest BCUT2D eigenvalue weighted by molar-refractivity contribution is 7.06. The second-order valence-corrected chi connectivity index (χ2v) is 2.97. The highest BCUT2D eigenvalue weighted by atomic mass is 32.1. The Balaban J connectivity index is 3.10. The molecule has 0 saturated carbocycles. The summed E-state index contributed by atoms with van der Waals surface area (Å²) in [7, 11) is 1.32. The van der Waals surface area contributed by atoms with E-state index in [4.69, 9.17) is 5.73 Å². The zero-order chi connectivity index (χ0) is 8.43. The number of nitrogen functional groups attached to an aromatic ring is 1. The minimum atomic E-state index is -0.422. The van der Waals surface area contributed by atoms with E-state index in [0.717, 1.165) is 4.88 Å². The fourth-order valence-electron chi connectivity index (χ4n) is 0.740. The lowest BCUT2D eigenvalue weighted by Crippen LogP contribution is -2.04. The van der Waals surface area contributed by atoms with Gasteiger partial charge in [-0.2, -0.15) is 4.37 Å². The number of nitrogens with zero attached hydrogens (tertiary/aromatic N) is 1. The maximum atomic E-state index is 11.0. The van der Waals surface area contributed by atoms with Crippen LogP contribution in [-0.4, -0.2) is 17.5 Å². The summed E-state index contributed by atoms with van der Waals surface area (Å²) < 4.78 is 8.31. The molecule has 0 unspecified atom stereocenters. The lowest BCUT2D eigenvalue weighted by atomic mass is 10.3. The third kappa shape index (κ3) is 1.32. The van der Waals surface area contributed by atoms with Crippen LogP contribution in [0.5, 0.6) is 0 Å². The Hall–Kier alpha value is -1.10. The number of nitrogens with two attached hydrogens (primary N) is 1. The Morgan fingerprint density at radius 2 is 2.36 bits per heavy atom. The molecule has 4 nitrogen and oxygen atoms in total. The first-order chi connectivity index (χ1) is 5.16. The number of aryl methyl sites for hydroxylation is 1. The molecule has 1 aromatic heterocycles. The summed E-state index contributed by atoms with van der Waals surface area (Å²) in [5.74, 6) is -0.173. The summed E-state index contributed by atoms with van der Waals surface area (Å²) in [5, 5.41) is 0. The molecule has 1 rings (SSSR count). The van der Waals surface area contributed by atoms with Crippen LogP contribution in [0.25, 0.3) is 0 Å². The molecule has 0 saturated heterocycles. The summed E-state index contributed by atoms with van der Waals surface area (Å²) >= 11 is 1.20. The quantitative estimate of drug-likeness (QED) is 0.637. The van der Waals surface area contributed by atoms with Crippen LogP contribution in [-0.2, 0) is 4.74 Å². The predicted molar refractivity (Wildman–Crippen MR) is 42.6 cm³/mol. The molecule has 0 aliphatic heterocycles. The van der Waals surface area contributed by atoms with Gasteiger partial charge in [-0.25, -0.2) is 4.79 Å². The predicted octanol–water partition coefficient (Wildman–Crippen LogP) is 0.820. The highest BCUT2D eigenvalue weighted by Crippen LogP contribution is 2.19. The van der Waals surface area contributed by atoms with Crippen LogP contribution < -0.4 is 5.73 Å².